The van der Waals surface area contributed by atoms with Crippen LogP contribution >= 0.6 is 0 Å². The van der Waals surface area contributed by atoms with Crippen LogP contribution in [0.5, 0.6) is 0 Å². The van der Waals surface area contributed by atoms with E-state index in [0.29, 0.717) is 32.1 Å². The summed E-state index contributed by atoms with van der Waals surface area (Å²) < 4.78 is 22.9. The number of benzene rings is 1. The molecule has 1 aromatic rings. The molecule has 1 fully saturated rings. The van der Waals surface area contributed by atoms with Crippen LogP contribution in [0.15, 0.2) is 24.3 Å². The van der Waals surface area contributed by atoms with E-state index in [2.05, 4.69) is 30.0 Å². The van der Waals surface area contributed by atoms with Gasteiger partial charge in [-0.2, -0.15) is 0 Å². The zero-order valence-electron chi connectivity index (χ0n) is 13.6. The Balaban J connectivity index is 1.61. The van der Waals surface area contributed by atoms with E-state index >= 15 is 0 Å². The fourth-order valence-electron chi connectivity index (χ4n) is 3.44. The van der Waals surface area contributed by atoms with Crippen LogP contribution in [0, 0.1) is 0 Å². The maximum Gasteiger partial charge on any atom is 0.224 e. The van der Waals surface area contributed by atoms with Gasteiger partial charge in [-0.3, -0.25) is 4.79 Å². The maximum atomic E-state index is 12.4. The van der Waals surface area contributed by atoms with Gasteiger partial charge in [-0.05, 0) is 31.4 Å². The third-order valence-electron chi connectivity index (χ3n) is 4.93. The molecule has 0 N–H and O–H groups in total. The molecule has 2 aliphatic rings. The molecule has 1 saturated heterocycles. The number of amides is 1. The van der Waals surface area contributed by atoms with E-state index < -0.39 is 9.84 Å². The van der Waals surface area contributed by atoms with Crippen LogP contribution in [0.1, 0.15) is 25.3 Å². The van der Waals surface area contributed by atoms with Crippen molar-refractivity contribution in [2.24, 2.45) is 0 Å². The van der Waals surface area contributed by atoms with Gasteiger partial charge in [0.1, 0.15) is 0 Å². The Bertz CT molecular complexity index is 673. The minimum Gasteiger partial charge on any atom is -0.368 e. The predicted molar refractivity (Wildman–Crippen MR) is 91.4 cm³/mol. The number of fused-ring (bicyclic) bond motifs is 1. The average molecular weight is 336 g/mol. The van der Waals surface area contributed by atoms with Crippen LogP contribution in [-0.4, -0.2) is 56.4 Å². The molecule has 5 nitrogen and oxygen atoms in total. The Labute approximate surface area is 138 Å². The van der Waals surface area contributed by atoms with E-state index in [1.165, 1.54) is 11.3 Å². The summed E-state index contributed by atoms with van der Waals surface area (Å²) in [7, 11) is -2.94. The molecule has 1 amide bonds. The van der Waals surface area contributed by atoms with E-state index in [4.69, 9.17) is 0 Å². The van der Waals surface area contributed by atoms with E-state index in [9.17, 15) is 13.2 Å². The van der Waals surface area contributed by atoms with Gasteiger partial charge in [-0.1, -0.05) is 18.2 Å². The van der Waals surface area contributed by atoms with Crippen molar-refractivity contribution < 1.29 is 13.2 Å². The van der Waals surface area contributed by atoms with Crippen LogP contribution < -0.4 is 4.90 Å². The molecule has 0 saturated carbocycles. The second-order valence-corrected chi connectivity index (χ2v) is 8.80. The highest BCUT2D eigenvalue weighted by molar-refractivity contribution is 7.91. The predicted octanol–water partition coefficient (Wildman–Crippen LogP) is 1.47. The third kappa shape index (κ3) is 3.68. The lowest BCUT2D eigenvalue weighted by atomic mass is 9.96. The highest BCUT2D eigenvalue weighted by Gasteiger charge is 2.27. The second kappa shape index (κ2) is 6.51. The van der Waals surface area contributed by atoms with E-state index in [1.54, 1.807) is 4.90 Å². The van der Waals surface area contributed by atoms with Gasteiger partial charge in [0.05, 0.1) is 11.5 Å². The first kappa shape index (κ1) is 16.3. The molecule has 1 atom stereocenters. The number of carbonyl (C=O) groups is 1. The molecule has 2 heterocycles. The first-order chi connectivity index (χ1) is 11.0. The number of sulfone groups is 1. The Hall–Kier alpha value is -1.56. The van der Waals surface area contributed by atoms with Gasteiger partial charge < -0.3 is 9.80 Å². The van der Waals surface area contributed by atoms with Crippen LogP contribution in [0.25, 0.3) is 0 Å². The molecule has 0 aliphatic carbocycles. The van der Waals surface area contributed by atoms with Crippen molar-refractivity contribution in [1.29, 1.82) is 0 Å². The lowest BCUT2D eigenvalue weighted by Gasteiger charge is -2.37. The van der Waals surface area contributed by atoms with E-state index in [-0.39, 0.29) is 17.4 Å². The van der Waals surface area contributed by atoms with E-state index in [1.807, 2.05) is 6.07 Å². The summed E-state index contributed by atoms with van der Waals surface area (Å²) in [5, 5.41) is 0. The van der Waals surface area contributed by atoms with Crippen LogP contribution in [0.3, 0.4) is 0 Å². The second-order valence-electron chi connectivity index (χ2n) is 6.49. The summed E-state index contributed by atoms with van der Waals surface area (Å²) in [6.45, 7) is 3.58. The van der Waals surface area contributed by atoms with E-state index in [0.717, 1.165) is 12.8 Å². The fourth-order valence-corrected chi connectivity index (χ4v) is 4.64. The Morgan fingerprint density at radius 2 is 1.91 bits per heavy atom. The molecule has 2 aliphatic heterocycles. The minimum atomic E-state index is -2.94. The molecular formula is C17H24N2O3S. The van der Waals surface area contributed by atoms with Crippen molar-refractivity contribution in [3.8, 4) is 0 Å². The molecular weight excluding hydrogens is 312 g/mol. The zero-order chi connectivity index (χ0) is 16.4. The topological polar surface area (TPSA) is 57.7 Å². The average Bonchev–Trinajstić information content (AvgIpc) is 2.53. The zero-order valence-corrected chi connectivity index (χ0v) is 14.4. The molecule has 0 aromatic heterocycles. The van der Waals surface area contributed by atoms with Crippen molar-refractivity contribution in [2.75, 3.05) is 36.0 Å². The maximum absolute atomic E-state index is 12.4. The van der Waals surface area contributed by atoms with Gasteiger partial charge >= 0.3 is 0 Å². The van der Waals surface area contributed by atoms with Gasteiger partial charge in [0, 0.05) is 37.8 Å². The van der Waals surface area contributed by atoms with Crippen molar-refractivity contribution in [1.82, 2.24) is 4.90 Å². The lowest BCUT2D eigenvalue weighted by Crippen LogP contribution is -2.45. The summed E-state index contributed by atoms with van der Waals surface area (Å²) in [6, 6.07) is 8.82. The van der Waals surface area contributed by atoms with Gasteiger partial charge in [-0.25, -0.2) is 8.42 Å². The molecule has 0 spiro atoms. The molecule has 1 aromatic carbocycles. The number of hydrogen-bond donors (Lipinski definition) is 0. The smallest absolute Gasteiger partial charge is 0.224 e. The number of anilines is 1. The van der Waals surface area contributed by atoms with Crippen molar-refractivity contribution in [2.45, 2.75) is 32.2 Å². The SMILES string of the molecule is C[C@@H]1CCc2ccccc2N1CCC(=O)N1CCS(=O)(=O)CC1. The Morgan fingerprint density at radius 3 is 2.65 bits per heavy atom. The number of carbonyl (C=O) groups excluding carboxylic acids is 1. The van der Waals surface area contributed by atoms with Crippen LogP contribution in [0.2, 0.25) is 0 Å². The number of nitrogens with zero attached hydrogens (tertiary/aromatic N) is 2. The third-order valence-corrected chi connectivity index (χ3v) is 6.54. The van der Waals surface area contributed by atoms with Crippen molar-refractivity contribution >= 4 is 21.4 Å². The van der Waals surface area contributed by atoms with Gasteiger partial charge in [0.2, 0.25) is 5.91 Å². The summed E-state index contributed by atoms with van der Waals surface area (Å²) in [5.41, 5.74) is 2.59. The summed E-state index contributed by atoms with van der Waals surface area (Å²) in [5.74, 6) is 0.263. The molecule has 126 valence electrons. The first-order valence-electron chi connectivity index (χ1n) is 8.29. The molecule has 3 rings (SSSR count). The highest BCUT2D eigenvalue weighted by atomic mass is 32.2. The van der Waals surface area contributed by atoms with Gasteiger partial charge in [0.25, 0.3) is 0 Å². The Kier molecular flexibility index (Phi) is 4.62. The molecule has 6 heteroatoms. The fraction of sp³-hybridized carbons (Fsp3) is 0.588. The summed E-state index contributed by atoms with van der Waals surface area (Å²) in [6.07, 6.45) is 2.64. The number of rotatable bonds is 3. The highest BCUT2D eigenvalue weighted by Crippen LogP contribution is 2.30. The monoisotopic (exact) mass is 336 g/mol. The molecule has 23 heavy (non-hydrogen) atoms. The standard InChI is InChI=1S/C17H24N2O3S/c1-14-6-7-15-4-2-3-5-16(15)19(14)9-8-17(20)18-10-12-23(21,22)13-11-18/h2-5,14H,6-13H2,1H3/t14-/m1/s1. The minimum absolute atomic E-state index is 0.0650. The van der Waals surface area contributed by atoms with Gasteiger partial charge in [0.15, 0.2) is 9.84 Å². The summed E-state index contributed by atoms with van der Waals surface area (Å²) in [4.78, 5) is 16.4. The largest absolute Gasteiger partial charge is 0.368 e. The van der Waals surface area contributed by atoms with Crippen LogP contribution in [0.4, 0.5) is 5.69 Å². The quantitative estimate of drug-likeness (QED) is 0.839. The van der Waals surface area contributed by atoms with Gasteiger partial charge in [-0.15, -0.1) is 0 Å². The van der Waals surface area contributed by atoms with Crippen molar-refractivity contribution in [3.05, 3.63) is 29.8 Å². The van der Waals surface area contributed by atoms with Crippen LogP contribution in [-0.2, 0) is 21.1 Å². The summed E-state index contributed by atoms with van der Waals surface area (Å²) >= 11 is 0. The Morgan fingerprint density at radius 1 is 1.22 bits per heavy atom. The first-order valence-corrected chi connectivity index (χ1v) is 10.1. The van der Waals surface area contributed by atoms with Crippen molar-refractivity contribution in [3.63, 3.8) is 0 Å². The number of aryl methyl sites for hydroxylation is 1. The number of para-hydroxylation sites is 1. The normalized spacial score (nSPS) is 23.4. The lowest BCUT2D eigenvalue weighted by molar-refractivity contribution is -0.130. The molecule has 0 radical (unpaired) electrons. The number of hydrogen-bond acceptors (Lipinski definition) is 4. The molecule has 0 unspecified atom stereocenters. The molecule has 0 bridgehead atoms.